The predicted molar refractivity (Wildman–Crippen MR) is 225 cm³/mol. The fourth-order valence-corrected chi connectivity index (χ4v) is 9.68. The van der Waals surface area contributed by atoms with Crippen LogP contribution in [0.3, 0.4) is 0 Å². The van der Waals surface area contributed by atoms with E-state index in [0.717, 1.165) is 105 Å². The largest absolute Gasteiger partial charge is 0.371 e. The fourth-order valence-electron chi connectivity index (χ4n) is 9.68. The molecule has 0 spiro atoms. The van der Waals surface area contributed by atoms with Crippen molar-refractivity contribution in [1.29, 1.82) is 5.26 Å². The number of carbonyl (C=O) groups is 2. The Labute approximate surface area is 336 Å². The molecule has 3 aromatic carbocycles. The number of nitrogens with one attached hydrogen (secondary N) is 1. The number of carbonyl (C=O) groups excluding carboxylic acids is 2. The maximum Gasteiger partial charge on any atom is 0.329 e. The summed E-state index contributed by atoms with van der Waals surface area (Å²) in [6.45, 7) is 8.21. The van der Waals surface area contributed by atoms with Crippen molar-refractivity contribution >= 4 is 62.3 Å². The van der Waals surface area contributed by atoms with Gasteiger partial charge in [0.25, 0.3) is 5.56 Å². The van der Waals surface area contributed by atoms with Gasteiger partial charge in [0.1, 0.15) is 5.82 Å². The Morgan fingerprint density at radius 1 is 0.793 bits per heavy atom. The molecule has 0 atom stereocenters. The number of piperidine rings is 2. The van der Waals surface area contributed by atoms with Crippen molar-refractivity contribution in [1.82, 2.24) is 24.6 Å². The first-order chi connectivity index (χ1) is 28.0. The van der Waals surface area contributed by atoms with Crippen LogP contribution in [0.5, 0.6) is 0 Å². The fraction of sp³-hybridized carbons (Fsp3) is 0.432. The Bertz CT molecular complexity index is 2580. The van der Waals surface area contributed by atoms with Gasteiger partial charge in [-0.05, 0) is 112 Å². The van der Waals surface area contributed by atoms with E-state index in [1.165, 1.54) is 16.5 Å². The van der Waals surface area contributed by atoms with E-state index in [1.54, 1.807) is 16.3 Å². The number of halogens is 1. The summed E-state index contributed by atoms with van der Waals surface area (Å²) < 4.78 is 19.2. The van der Waals surface area contributed by atoms with Crippen LogP contribution in [0.4, 0.5) is 37.8 Å². The number of fused-ring (bicyclic) bond motifs is 3. The van der Waals surface area contributed by atoms with Crippen molar-refractivity contribution < 1.29 is 14.0 Å². The lowest BCUT2D eigenvalue weighted by atomic mass is 9.87. The number of rotatable bonds is 6. The molecule has 6 heterocycles. The number of likely N-dealkylation sites (tertiary alicyclic amines) is 1. The maximum absolute atomic E-state index is 15.8. The van der Waals surface area contributed by atoms with Gasteiger partial charge in [-0.2, -0.15) is 10.4 Å². The van der Waals surface area contributed by atoms with Crippen LogP contribution in [0.2, 0.25) is 0 Å². The van der Waals surface area contributed by atoms with E-state index in [-0.39, 0.29) is 30.2 Å². The Morgan fingerprint density at radius 2 is 1.57 bits per heavy atom. The van der Waals surface area contributed by atoms with E-state index < -0.39 is 6.03 Å². The highest BCUT2D eigenvalue weighted by Gasteiger charge is 2.32. The lowest BCUT2D eigenvalue weighted by Crippen LogP contribution is -2.49. The number of amides is 3. The van der Waals surface area contributed by atoms with E-state index in [2.05, 4.69) is 55.3 Å². The van der Waals surface area contributed by atoms with E-state index >= 15 is 4.39 Å². The zero-order valence-electron chi connectivity index (χ0n) is 33.6. The summed E-state index contributed by atoms with van der Waals surface area (Å²) >= 11 is 0. The van der Waals surface area contributed by atoms with Crippen LogP contribution in [0, 0.1) is 30.0 Å². The maximum atomic E-state index is 15.8. The summed E-state index contributed by atoms with van der Waals surface area (Å²) in [7, 11) is 5.75. The van der Waals surface area contributed by atoms with E-state index in [9.17, 15) is 19.6 Å². The molecule has 5 aromatic rings. The minimum absolute atomic E-state index is 0.0133. The first-order valence-corrected chi connectivity index (χ1v) is 20.4. The molecule has 300 valence electrons. The van der Waals surface area contributed by atoms with Gasteiger partial charge in [0.15, 0.2) is 5.82 Å². The molecule has 3 saturated heterocycles. The Balaban J connectivity index is 0.883. The quantitative estimate of drug-likeness (QED) is 0.225. The molecule has 2 aromatic heterocycles. The van der Waals surface area contributed by atoms with Crippen molar-refractivity contribution in [3.05, 3.63) is 81.4 Å². The van der Waals surface area contributed by atoms with Gasteiger partial charge in [-0.25, -0.2) is 9.18 Å². The number of benzene rings is 3. The molecule has 0 unspecified atom stereocenters. The molecule has 4 aliphatic rings. The third kappa shape index (κ3) is 6.61. The zero-order chi connectivity index (χ0) is 40.4. The van der Waals surface area contributed by atoms with Gasteiger partial charge in [0, 0.05) is 83.2 Å². The average molecular weight is 785 g/mol. The number of nitriles is 1. The average Bonchev–Trinajstić information content (AvgIpc) is 3.54. The highest BCUT2D eigenvalue weighted by atomic mass is 19.1. The molecule has 3 amide bonds. The van der Waals surface area contributed by atoms with Crippen molar-refractivity contribution in [2.24, 2.45) is 20.0 Å². The summed E-state index contributed by atoms with van der Waals surface area (Å²) in [6.07, 6.45) is 4.16. The summed E-state index contributed by atoms with van der Waals surface area (Å²) in [5, 5.41) is 18.2. The summed E-state index contributed by atoms with van der Waals surface area (Å²) in [5.74, 6) is 0.560. The van der Waals surface area contributed by atoms with Gasteiger partial charge < -0.3 is 24.2 Å². The highest BCUT2D eigenvalue weighted by molar-refractivity contribution is 6.09. The Hall–Kier alpha value is -5.94. The van der Waals surface area contributed by atoms with Crippen LogP contribution in [0.15, 0.2) is 53.3 Å². The van der Waals surface area contributed by atoms with Gasteiger partial charge in [0.2, 0.25) is 5.91 Å². The molecule has 0 saturated carbocycles. The van der Waals surface area contributed by atoms with Gasteiger partial charge in [0.05, 0.1) is 45.4 Å². The van der Waals surface area contributed by atoms with Crippen LogP contribution in [0.1, 0.15) is 54.7 Å². The van der Waals surface area contributed by atoms with E-state index in [1.807, 2.05) is 44.3 Å². The Kier molecular flexibility index (Phi) is 9.59. The number of imide groups is 1. The molecule has 0 aliphatic carbocycles. The van der Waals surface area contributed by atoms with Gasteiger partial charge in [-0.3, -0.25) is 24.5 Å². The number of urea groups is 1. The molecule has 0 bridgehead atoms. The molecule has 14 heteroatoms. The summed E-state index contributed by atoms with van der Waals surface area (Å²) in [5.41, 5.74) is 7.99. The number of nitrogens with zero attached hydrogens (tertiary/aromatic N) is 9. The van der Waals surface area contributed by atoms with Gasteiger partial charge in [-0.15, -0.1) is 0 Å². The topological polar surface area (TPSA) is 126 Å². The minimum Gasteiger partial charge on any atom is -0.371 e. The molecular formula is C44H49FN10O3. The normalized spacial score (nSPS) is 18.6. The van der Waals surface area contributed by atoms with E-state index in [0.29, 0.717) is 39.9 Å². The first kappa shape index (κ1) is 37.6. The van der Waals surface area contributed by atoms with Gasteiger partial charge in [-0.1, -0.05) is 0 Å². The standard InChI is InChI=1S/C44H49FN10O3/c1-27-19-32-36(50(3)43(27)57)21-31(22-38(32)54-18-17-49(2)35-6-5-29(25-46)20-40(35)54)30-9-12-52(13-10-30)26-28-7-14-53(15-8-28)39-24-37-33(23-34(39)45)42(48-51(37)4)55-16-11-41(56)47-44(55)58/h5-6,19-24,28,30H,7-18,26H2,1-4H3,(H,47,56,58). The van der Waals surface area contributed by atoms with Crippen LogP contribution in [0.25, 0.3) is 21.8 Å². The zero-order valence-corrected chi connectivity index (χ0v) is 33.6. The number of aromatic nitrogens is 3. The second-order valence-corrected chi connectivity index (χ2v) is 16.6. The molecule has 13 nitrogen and oxygen atoms in total. The second kappa shape index (κ2) is 14.8. The smallest absolute Gasteiger partial charge is 0.329 e. The molecule has 3 fully saturated rings. The van der Waals surface area contributed by atoms with Gasteiger partial charge >= 0.3 is 6.03 Å². The number of hydrogen-bond donors (Lipinski definition) is 1. The Morgan fingerprint density at radius 3 is 2.31 bits per heavy atom. The molecule has 58 heavy (non-hydrogen) atoms. The van der Waals surface area contributed by atoms with Crippen LogP contribution in [-0.2, 0) is 18.9 Å². The molecule has 9 rings (SSSR count). The summed E-state index contributed by atoms with van der Waals surface area (Å²) in [6, 6.07) is 17.6. The van der Waals surface area contributed by atoms with E-state index in [4.69, 9.17) is 0 Å². The molecular weight excluding hydrogens is 736 g/mol. The second-order valence-electron chi connectivity index (χ2n) is 16.6. The number of aryl methyl sites for hydroxylation is 3. The number of pyridine rings is 1. The lowest BCUT2D eigenvalue weighted by Gasteiger charge is -2.39. The van der Waals surface area contributed by atoms with Crippen molar-refractivity contribution in [3.63, 3.8) is 0 Å². The van der Waals surface area contributed by atoms with Crippen molar-refractivity contribution in [2.75, 3.05) is 79.0 Å². The lowest BCUT2D eigenvalue weighted by molar-refractivity contribution is -0.120. The number of anilines is 5. The first-order valence-electron chi connectivity index (χ1n) is 20.4. The van der Waals surface area contributed by atoms with Crippen LogP contribution in [-0.4, -0.2) is 90.6 Å². The minimum atomic E-state index is -0.539. The highest BCUT2D eigenvalue weighted by Crippen LogP contribution is 2.43. The third-order valence-electron chi connectivity index (χ3n) is 13.0. The van der Waals surface area contributed by atoms with Crippen molar-refractivity contribution in [2.45, 2.75) is 44.9 Å². The SMILES string of the molecule is Cc1cc2c(N3CCN(C)c4ccc(C#N)cc43)cc(C3CCN(CC4CCN(c5cc6c(cc5F)c(N5CCC(=O)NC5=O)nn6C)CC4)CC3)cc2n(C)c1=O. The summed E-state index contributed by atoms with van der Waals surface area (Å²) in [4.78, 5) is 48.1. The third-order valence-corrected chi connectivity index (χ3v) is 13.0. The van der Waals surface area contributed by atoms with Crippen molar-refractivity contribution in [3.8, 4) is 6.07 Å². The molecule has 0 radical (unpaired) electrons. The molecule has 1 N–H and O–H groups in total. The molecule has 4 aliphatic heterocycles. The van der Waals surface area contributed by atoms with Crippen LogP contribution >= 0.6 is 0 Å². The monoisotopic (exact) mass is 784 g/mol. The number of likely N-dealkylation sites (N-methyl/N-ethyl adjacent to an activating group) is 1. The number of hydrogen-bond acceptors (Lipinski definition) is 9. The van der Waals surface area contributed by atoms with Crippen LogP contribution < -0.4 is 30.5 Å². The predicted octanol–water partition coefficient (Wildman–Crippen LogP) is 5.87.